The summed E-state index contributed by atoms with van der Waals surface area (Å²) in [5.41, 5.74) is 0.992. The van der Waals surface area contributed by atoms with Gasteiger partial charge in [-0.25, -0.2) is 4.79 Å². The number of aliphatic carboxylic acids is 1. The molecule has 2 amide bonds. The first-order chi connectivity index (χ1) is 8.93. The van der Waals surface area contributed by atoms with Crippen molar-refractivity contribution in [3.05, 3.63) is 28.2 Å². The molecule has 19 heavy (non-hydrogen) atoms. The number of halogens is 1. The summed E-state index contributed by atoms with van der Waals surface area (Å²) in [5.74, 6) is -0.843. The molecule has 1 aromatic rings. The summed E-state index contributed by atoms with van der Waals surface area (Å²) >= 11 is 3.37. The molecule has 0 radical (unpaired) electrons. The Labute approximate surface area is 119 Å². The van der Waals surface area contributed by atoms with Crippen molar-refractivity contribution in [2.75, 3.05) is 11.9 Å². The van der Waals surface area contributed by atoms with Gasteiger partial charge in [-0.05, 0) is 53.4 Å². The minimum Gasteiger partial charge on any atom is -0.481 e. The van der Waals surface area contributed by atoms with Gasteiger partial charge in [-0.2, -0.15) is 0 Å². The summed E-state index contributed by atoms with van der Waals surface area (Å²) in [6.07, 6.45) is 1.24. The maximum Gasteiger partial charge on any atom is 0.319 e. The second-order valence-corrected chi connectivity index (χ2v) is 5.73. The number of hydrogen-bond donors (Lipinski definition) is 3. The fourth-order valence-electron chi connectivity index (χ4n) is 1.75. The molecule has 102 valence electrons. The van der Waals surface area contributed by atoms with Crippen LogP contribution in [0.15, 0.2) is 22.7 Å². The zero-order valence-corrected chi connectivity index (χ0v) is 12.1. The Morgan fingerprint density at radius 3 is 2.63 bits per heavy atom. The van der Waals surface area contributed by atoms with Gasteiger partial charge in [0.15, 0.2) is 0 Å². The van der Waals surface area contributed by atoms with Gasteiger partial charge in [-0.15, -0.1) is 0 Å². The van der Waals surface area contributed by atoms with Crippen molar-refractivity contribution in [3.63, 3.8) is 0 Å². The van der Waals surface area contributed by atoms with Crippen LogP contribution in [0.1, 0.15) is 18.4 Å². The van der Waals surface area contributed by atoms with E-state index in [2.05, 4.69) is 26.6 Å². The monoisotopic (exact) mass is 326 g/mol. The molecule has 0 unspecified atom stereocenters. The quantitative estimate of drug-likeness (QED) is 0.796. The number of carbonyl (C=O) groups excluding carboxylic acids is 1. The Hall–Kier alpha value is -1.56. The lowest BCUT2D eigenvalue weighted by atomic mass is 10.1. The van der Waals surface area contributed by atoms with E-state index >= 15 is 0 Å². The van der Waals surface area contributed by atoms with Crippen LogP contribution in [0.4, 0.5) is 10.5 Å². The lowest BCUT2D eigenvalue weighted by Gasteiger charge is -2.13. The first kappa shape index (κ1) is 13.9. The summed E-state index contributed by atoms with van der Waals surface area (Å²) in [5, 5.41) is 14.3. The molecule has 1 fully saturated rings. The highest BCUT2D eigenvalue weighted by Crippen LogP contribution is 2.45. The number of nitrogens with one attached hydrogen (secondary N) is 2. The van der Waals surface area contributed by atoms with E-state index < -0.39 is 17.4 Å². The number of aryl methyl sites for hydroxylation is 1. The third-order valence-corrected chi connectivity index (χ3v) is 3.92. The number of benzene rings is 1. The van der Waals surface area contributed by atoms with Gasteiger partial charge in [0, 0.05) is 11.0 Å². The Bertz CT molecular complexity index is 527. The Balaban J connectivity index is 1.89. The maximum atomic E-state index is 11.7. The predicted molar refractivity (Wildman–Crippen MR) is 75.2 cm³/mol. The van der Waals surface area contributed by atoms with Gasteiger partial charge in [-0.3, -0.25) is 4.79 Å². The van der Waals surface area contributed by atoms with E-state index in [4.69, 9.17) is 5.11 Å². The van der Waals surface area contributed by atoms with E-state index in [1.54, 1.807) is 6.07 Å². The van der Waals surface area contributed by atoms with Gasteiger partial charge in [0.1, 0.15) is 0 Å². The molecule has 3 N–H and O–H groups in total. The number of carbonyl (C=O) groups is 2. The van der Waals surface area contributed by atoms with Crippen molar-refractivity contribution in [2.45, 2.75) is 19.8 Å². The summed E-state index contributed by atoms with van der Waals surface area (Å²) in [4.78, 5) is 22.7. The molecule has 2 rings (SSSR count). The molecule has 0 spiro atoms. The number of urea groups is 1. The standard InChI is InChI=1S/C13H15BrN2O3/c1-8-2-3-10(9(14)6-8)16-12(19)15-7-13(4-5-13)11(17)18/h2-3,6H,4-5,7H2,1H3,(H,17,18)(H2,15,16,19). The van der Waals surface area contributed by atoms with Gasteiger partial charge in [0.05, 0.1) is 11.1 Å². The predicted octanol–water partition coefficient (Wildman–Crippen LogP) is 2.74. The van der Waals surface area contributed by atoms with Crippen molar-refractivity contribution in [3.8, 4) is 0 Å². The van der Waals surface area contributed by atoms with E-state index in [1.165, 1.54) is 0 Å². The van der Waals surface area contributed by atoms with Crippen LogP contribution < -0.4 is 10.6 Å². The van der Waals surface area contributed by atoms with E-state index in [-0.39, 0.29) is 6.54 Å². The molecule has 1 saturated carbocycles. The van der Waals surface area contributed by atoms with E-state index in [0.717, 1.165) is 10.0 Å². The molecule has 0 bridgehead atoms. The minimum absolute atomic E-state index is 0.164. The van der Waals surface area contributed by atoms with Crippen LogP contribution >= 0.6 is 15.9 Å². The summed E-state index contributed by atoms with van der Waals surface area (Å²) < 4.78 is 0.794. The van der Waals surface area contributed by atoms with Crippen LogP contribution in [-0.4, -0.2) is 23.7 Å². The Morgan fingerprint density at radius 2 is 2.11 bits per heavy atom. The zero-order chi connectivity index (χ0) is 14.0. The molecule has 1 aliphatic carbocycles. The van der Waals surface area contributed by atoms with Gasteiger partial charge >= 0.3 is 12.0 Å². The molecule has 1 aromatic carbocycles. The molecule has 0 atom stereocenters. The minimum atomic E-state index is -0.843. The average Bonchev–Trinajstić information content (AvgIpc) is 3.11. The molecule has 6 heteroatoms. The second kappa shape index (κ2) is 5.21. The number of anilines is 1. The van der Waals surface area contributed by atoms with Gasteiger partial charge in [-0.1, -0.05) is 6.07 Å². The third-order valence-electron chi connectivity index (χ3n) is 3.27. The fourth-order valence-corrected chi connectivity index (χ4v) is 2.35. The maximum absolute atomic E-state index is 11.7. The Kier molecular flexibility index (Phi) is 3.80. The fraction of sp³-hybridized carbons (Fsp3) is 0.385. The lowest BCUT2D eigenvalue weighted by Crippen LogP contribution is -2.36. The Morgan fingerprint density at radius 1 is 1.42 bits per heavy atom. The number of carboxylic acid groups (broad SMARTS) is 1. The van der Waals surface area contributed by atoms with Crippen LogP contribution in [0.3, 0.4) is 0 Å². The molecule has 5 nitrogen and oxygen atoms in total. The molecule has 1 aliphatic rings. The van der Waals surface area contributed by atoms with Crippen LogP contribution in [0.2, 0.25) is 0 Å². The molecular weight excluding hydrogens is 312 g/mol. The number of carboxylic acids is 1. The molecular formula is C13H15BrN2O3. The average molecular weight is 327 g/mol. The summed E-state index contributed by atoms with van der Waals surface area (Å²) in [6, 6.07) is 5.19. The van der Waals surface area contributed by atoms with Crippen molar-refractivity contribution < 1.29 is 14.7 Å². The zero-order valence-electron chi connectivity index (χ0n) is 10.5. The topological polar surface area (TPSA) is 78.4 Å². The summed E-state index contributed by atoms with van der Waals surface area (Å²) in [7, 11) is 0. The van der Waals surface area contributed by atoms with Crippen molar-refractivity contribution >= 4 is 33.6 Å². The number of hydrogen-bond acceptors (Lipinski definition) is 2. The largest absolute Gasteiger partial charge is 0.481 e. The van der Waals surface area contributed by atoms with Crippen molar-refractivity contribution in [1.29, 1.82) is 0 Å². The van der Waals surface area contributed by atoms with Gasteiger partial charge in [0.2, 0.25) is 0 Å². The second-order valence-electron chi connectivity index (χ2n) is 4.88. The van der Waals surface area contributed by atoms with Gasteiger partial charge < -0.3 is 15.7 Å². The van der Waals surface area contributed by atoms with Crippen LogP contribution in [-0.2, 0) is 4.79 Å². The summed E-state index contributed by atoms with van der Waals surface area (Å²) in [6.45, 7) is 2.12. The van der Waals surface area contributed by atoms with Crippen LogP contribution in [0.5, 0.6) is 0 Å². The van der Waals surface area contributed by atoms with Gasteiger partial charge in [0.25, 0.3) is 0 Å². The lowest BCUT2D eigenvalue weighted by molar-refractivity contribution is -0.143. The molecule has 0 saturated heterocycles. The highest BCUT2D eigenvalue weighted by atomic mass is 79.9. The van der Waals surface area contributed by atoms with E-state index in [9.17, 15) is 9.59 Å². The molecule has 0 heterocycles. The third kappa shape index (κ3) is 3.26. The highest BCUT2D eigenvalue weighted by Gasteiger charge is 2.50. The van der Waals surface area contributed by atoms with Crippen LogP contribution in [0, 0.1) is 12.3 Å². The van der Waals surface area contributed by atoms with Crippen molar-refractivity contribution in [2.24, 2.45) is 5.41 Å². The number of rotatable bonds is 4. The normalized spacial score (nSPS) is 15.7. The molecule has 0 aliphatic heterocycles. The molecule has 0 aromatic heterocycles. The highest BCUT2D eigenvalue weighted by molar-refractivity contribution is 9.10. The van der Waals surface area contributed by atoms with Crippen molar-refractivity contribution in [1.82, 2.24) is 5.32 Å². The van der Waals surface area contributed by atoms with E-state index in [0.29, 0.717) is 18.5 Å². The SMILES string of the molecule is Cc1ccc(NC(=O)NCC2(C(=O)O)CC2)c(Br)c1. The smallest absolute Gasteiger partial charge is 0.319 e. The first-order valence-corrected chi connectivity index (χ1v) is 6.77. The van der Waals surface area contributed by atoms with Crippen LogP contribution in [0.25, 0.3) is 0 Å². The first-order valence-electron chi connectivity index (χ1n) is 5.97. The number of amides is 2. The van der Waals surface area contributed by atoms with E-state index in [1.807, 2.05) is 19.1 Å².